The van der Waals surface area contributed by atoms with Crippen LogP contribution in [0.1, 0.15) is 30.4 Å². The first-order valence-corrected chi connectivity index (χ1v) is 17.8. The standard InChI is InChI=1S/C38H35Cl2F2N7O4/c1-53-35-22(16-43-19-24-9-11-32(50)46-24)8-10-30(48-35)29-7-3-6-28(34(29)40)27-5-2-4-26(33(27)39)21-12-13-49-31(14-21)45-18-23(36(49)51)17-44-20-25-15-38(41,42)37(52)47-25/h2-8,10,12-14,18,24-25,43-44H,9,11,15-17,19-20H2,1H3,(H,46,50)(H,47,52)/t24-,25+/m1/s1. The van der Waals surface area contributed by atoms with Crippen molar-refractivity contribution in [3.05, 3.63) is 105 Å². The summed E-state index contributed by atoms with van der Waals surface area (Å²) >= 11 is 14.1. The summed E-state index contributed by atoms with van der Waals surface area (Å²) in [7, 11) is 1.57. The zero-order chi connectivity index (χ0) is 37.3. The molecule has 4 N–H and O–H groups in total. The van der Waals surface area contributed by atoms with Crippen LogP contribution in [0.2, 0.25) is 10.0 Å². The second-order valence-corrected chi connectivity index (χ2v) is 13.8. The number of carbonyl (C=O) groups excluding carboxylic acids is 2. The van der Waals surface area contributed by atoms with Crippen LogP contribution in [0.15, 0.2) is 77.9 Å². The molecule has 3 aromatic heterocycles. The Morgan fingerprint density at radius 3 is 2.25 bits per heavy atom. The average Bonchev–Trinajstić information content (AvgIpc) is 3.68. The second kappa shape index (κ2) is 15.2. The number of ether oxygens (including phenoxy) is 1. The summed E-state index contributed by atoms with van der Waals surface area (Å²) < 4.78 is 34.1. The summed E-state index contributed by atoms with van der Waals surface area (Å²) in [6, 6.07) is 18.0. The maximum Gasteiger partial charge on any atom is 0.326 e. The zero-order valence-electron chi connectivity index (χ0n) is 28.5. The van der Waals surface area contributed by atoms with E-state index in [-0.39, 0.29) is 30.6 Å². The Bertz CT molecular complexity index is 2290. The van der Waals surface area contributed by atoms with Gasteiger partial charge < -0.3 is 26.0 Å². The van der Waals surface area contributed by atoms with E-state index < -0.39 is 24.3 Å². The van der Waals surface area contributed by atoms with E-state index in [1.165, 1.54) is 10.6 Å². The number of methoxy groups -OCH3 is 1. The van der Waals surface area contributed by atoms with Crippen LogP contribution in [0.3, 0.4) is 0 Å². The first-order chi connectivity index (χ1) is 25.5. The molecule has 53 heavy (non-hydrogen) atoms. The summed E-state index contributed by atoms with van der Waals surface area (Å²) in [6.45, 7) is 1.35. The number of rotatable bonds is 12. The number of amides is 2. The third kappa shape index (κ3) is 7.61. The van der Waals surface area contributed by atoms with E-state index in [9.17, 15) is 23.2 Å². The number of hydrogen-bond donors (Lipinski definition) is 4. The lowest BCUT2D eigenvalue weighted by molar-refractivity contribution is -0.139. The molecule has 5 heterocycles. The summed E-state index contributed by atoms with van der Waals surface area (Å²) in [5.41, 5.74) is 5.45. The van der Waals surface area contributed by atoms with Gasteiger partial charge in [-0.15, -0.1) is 0 Å². The normalized spacial score (nSPS) is 18.0. The zero-order valence-corrected chi connectivity index (χ0v) is 30.0. The lowest BCUT2D eigenvalue weighted by atomic mass is 9.97. The molecule has 11 nitrogen and oxygen atoms in total. The van der Waals surface area contributed by atoms with Gasteiger partial charge in [-0.1, -0.05) is 65.7 Å². The number of hydrogen-bond acceptors (Lipinski definition) is 8. The quantitative estimate of drug-likeness (QED) is 0.133. The highest BCUT2D eigenvalue weighted by Gasteiger charge is 2.47. The number of nitrogens with one attached hydrogen (secondary N) is 4. The van der Waals surface area contributed by atoms with Gasteiger partial charge in [0.05, 0.1) is 22.8 Å². The van der Waals surface area contributed by atoms with Crippen LogP contribution in [0, 0.1) is 0 Å². The lowest BCUT2D eigenvalue weighted by Gasteiger charge is -2.16. The van der Waals surface area contributed by atoms with Gasteiger partial charge in [-0.3, -0.25) is 18.8 Å². The number of halogens is 4. The Hall–Kier alpha value is -4.95. The van der Waals surface area contributed by atoms with Crippen molar-refractivity contribution in [2.75, 3.05) is 20.2 Å². The summed E-state index contributed by atoms with van der Waals surface area (Å²) in [4.78, 5) is 45.4. The maximum atomic E-state index is 13.5. The van der Waals surface area contributed by atoms with E-state index in [1.54, 1.807) is 25.4 Å². The van der Waals surface area contributed by atoms with Crippen LogP contribution in [-0.2, 0) is 22.7 Å². The second-order valence-electron chi connectivity index (χ2n) is 13.1. The summed E-state index contributed by atoms with van der Waals surface area (Å²) in [5.74, 6) is -4.13. The Kier molecular flexibility index (Phi) is 10.4. The van der Waals surface area contributed by atoms with E-state index in [2.05, 4.69) is 26.3 Å². The van der Waals surface area contributed by atoms with E-state index in [1.807, 2.05) is 48.5 Å². The molecule has 274 valence electrons. The highest BCUT2D eigenvalue weighted by atomic mass is 35.5. The van der Waals surface area contributed by atoms with E-state index in [0.717, 1.165) is 17.5 Å². The lowest BCUT2D eigenvalue weighted by Crippen LogP contribution is -2.36. The minimum atomic E-state index is -3.39. The fourth-order valence-corrected chi connectivity index (χ4v) is 7.35. The first-order valence-electron chi connectivity index (χ1n) is 17.0. The third-order valence-corrected chi connectivity index (χ3v) is 10.3. The van der Waals surface area contributed by atoms with Gasteiger partial charge in [0.2, 0.25) is 11.8 Å². The average molecular weight is 763 g/mol. The minimum absolute atomic E-state index is 0.0772. The van der Waals surface area contributed by atoms with E-state index in [0.29, 0.717) is 74.6 Å². The van der Waals surface area contributed by atoms with Gasteiger partial charge in [0.25, 0.3) is 11.5 Å². The number of nitrogens with zero attached hydrogens (tertiary/aromatic N) is 3. The molecule has 15 heteroatoms. The van der Waals surface area contributed by atoms with Crippen molar-refractivity contribution in [3.63, 3.8) is 0 Å². The highest BCUT2D eigenvalue weighted by molar-refractivity contribution is 6.39. The number of pyridine rings is 2. The Morgan fingerprint density at radius 1 is 0.887 bits per heavy atom. The van der Waals surface area contributed by atoms with Crippen LogP contribution >= 0.6 is 23.2 Å². The summed E-state index contributed by atoms with van der Waals surface area (Å²) in [6.07, 6.45) is 3.83. The Balaban J connectivity index is 1.09. The molecular formula is C38H35Cl2F2N7O4. The minimum Gasteiger partial charge on any atom is -0.481 e. The highest BCUT2D eigenvalue weighted by Crippen LogP contribution is 2.42. The molecule has 2 saturated heterocycles. The molecule has 2 fully saturated rings. The van der Waals surface area contributed by atoms with Gasteiger partial charge in [-0.25, -0.2) is 9.97 Å². The van der Waals surface area contributed by atoms with Crippen molar-refractivity contribution in [1.29, 1.82) is 0 Å². The number of benzene rings is 2. The fourth-order valence-electron chi connectivity index (χ4n) is 6.69. The smallest absolute Gasteiger partial charge is 0.326 e. The van der Waals surface area contributed by atoms with Crippen molar-refractivity contribution in [1.82, 2.24) is 35.6 Å². The molecule has 0 radical (unpaired) electrons. The van der Waals surface area contributed by atoms with E-state index in [4.69, 9.17) is 32.9 Å². The molecule has 7 rings (SSSR count). The van der Waals surface area contributed by atoms with Crippen LogP contribution in [-0.4, -0.2) is 64.4 Å². The molecule has 2 aromatic carbocycles. The molecule has 5 aromatic rings. The monoisotopic (exact) mass is 761 g/mol. The van der Waals surface area contributed by atoms with Gasteiger partial charge >= 0.3 is 5.92 Å². The summed E-state index contributed by atoms with van der Waals surface area (Å²) in [5, 5.41) is 12.5. The van der Waals surface area contributed by atoms with Crippen LogP contribution in [0.4, 0.5) is 8.78 Å². The molecule has 2 aliphatic heterocycles. The van der Waals surface area contributed by atoms with Gasteiger partial charge in [-0.05, 0) is 30.2 Å². The molecule has 0 aliphatic carbocycles. The van der Waals surface area contributed by atoms with Crippen molar-refractivity contribution in [2.45, 2.75) is 50.4 Å². The van der Waals surface area contributed by atoms with Crippen molar-refractivity contribution in [2.24, 2.45) is 0 Å². The van der Waals surface area contributed by atoms with Crippen LogP contribution in [0.25, 0.3) is 39.2 Å². The number of aromatic nitrogens is 3. The van der Waals surface area contributed by atoms with Gasteiger partial charge in [0, 0.05) is 96.9 Å². The molecule has 2 aliphatic rings. The maximum absolute atomic E-state index is 13.5. The molecule has 0 unspecified atom stereocenters. The molecule has 2 amide bonds. The van der Waals surface area contributed by atoms with Crippen molar-refractivity contribution < 1.29 is 23.1 Å². The molecule has 0 spiro atoms. The fraction of sp³-hybridized carbons (Fsp3) is 0.289. The molecule has 0 bridgehead atoms. The molecule has 2 atom stereocenters. The first kappa shape index (κ1) is 36.4. The topological polar surface area (TPSA) is 139 Å². The van der Waals surface area contributed by atoms with Crippen molar-refractivity contribution >= 4 is 40.7 Å². The van der Waals surface area contributed by atoms with Crippen molar-refractivity contribution in [3.8, 4) is 39.4 Å². The predicted molar refractivity (Wildman–Crippen MR) is 198 cm³/mol. The Morgan fingerprint density at radius 2 is 1.57 bits per heavy atom. The number of alkyl halides is 2. The van der Waals surface area contributed by atoms with Crippen LogP contribution in [0.5, 0.6) is 5.88 Å². The predicted octanol–water partition coefficient (Wildman–Crippen LogP) is 5.39. The van der Waals surface area contributed by atoms with Crippen LogP contribution < -0.4 is 31.6 Å². The molecular weight excluding hydrogens is 727 g/mol. The van der Waals surface area contributed by atoms with E-state index >= 15 is 0 Å². The van der Waals surface area contributed by atoms with Gasteiger partial charge in [0.15, 0.2) is 0 Å². The third-order valence-electron chi connectivity index (χ3n) is 9.46. The molecule has 0 saturated carbocycles. The Labute approximate surface area is 313 Å². The SMILES string of the molecule is COc1nc(-c2cccc(-c3cccc(-c4ccn5c(=O)c(CNC[C@@H]6CC(F)(F)C(=O)N6)cnc5c4)c3Cl)c2Cl)ccc1CNC[C@H]1CCC(=O)N1. The van der Waals surface area contributed by atoms with Gasteiger partial charge in [-0.2, -0.15) is 8.78 Å². The largest absolute Gasteiger partial charge is 0.481 e. The number of fused-ring (bicyclic) bond motifs is 1. The number of carbonyl (C=O) groups is 2. The van der Waals surface area contributed by atoms with Gasteiger partial charge in [0.1, 0.15) is 5.65 Å².